The number of carbonyl (C=O) groups excluding carboxylic acids is 1. The molecule has 0 aliphatic carbocycles. The summed E-state index contributed by atoms with van der Waals surface area (Å²) < 4.78 is 0. The smallest absolute Gasteiger partial charge is 0.320 e. The van der Waals surface area contributed by atoms with Crippen molar-refractivity contribution in [3.05, 3.63) is 6.54 Å². The Morgan fingerprint density at radius 3 is 2.08 bits per heavy atom. The molecule has 1 radical (unpaired) electrons. The van der Waals surface area contributed by atoms with Crippen LogP contribution in [0.4, 0.5) is 4.79 Å². The van der Waals surface area contributed by atoms with E-state index in [0.717, 1.165) is 26.1 Å². The fourth-order valence-corrected chi connectivity index (χ4v) is 1.88. The average Bonchev–Trinajstić information content (AvgIpc) is 2.27. The van der Waals surface area contributed by atoms with Gasteiger partial charge in [0, 0.05) is 19.6 Å². The molecule has 13 heavy (non-hydrogen) atoms. The van der Waals surface area contributed by atoms with Crippen molar-refractivity contribution in [1.29, 1.82) is 0 Å². The second kappa shape index (κ2) is 3.99. The molecule has 0 atom stereocenters. The van der Waals surface area contributed by atoms with Gasteiger partial charge in [-0.3, -0.25) is 0 Å². The molecule has 2 fully saturated rings. The maximum Gasteiger partial charge on any atom is 0.320 e. The lowest BCUT2D eigenvalue weighted by Crippen LogP contribution is -2.47. The molecule has 2 amide bonds. The van der Waals surface area contributed by atoms with Crippen LogP contribution in [0.25, 0.3) is 0 Å². The van der Waals surface area contributed by atoms with Gasteiger partial charge in [-0.1, -0.05) is 12.8 Å². The summed E-state index contributed by atoms with van der Waals surface area (Å²) in [4.78, 5) is 15.6. The van der Waals surface area contributed by atoms with Crippen molar-refractivity contribution in [3.8, 4) is 0 Å². The predicted octanol–water partition coefficient (Wildman–Crippen LogP) is 1.85. The Balaban J connectivity index is 1.85. The van der Waals surface area contributed by atoms with Gasteiger partial charge in [0.2, 0.25) is 0 Å². The zero-order valence-electron chi connectivity index (χ0n) is 8.04. The largest absolute Gasteiger partial charge is 0.325 e. The van der Waals surface area contributed by atoms with Crippen molar-refractivity contribution in [3.63, 3.8) is 0 Å². The Kier molecular flexibility index (Phi) is 2.71. The van der Waals surface area contributed by atoms with E-state index in [0.29, 0.717) is 0 Å². The van der Waals surface area contributed by atoms with Crippen LogP contribution in [0.15, 0.2) is 0 Å². The third-order valence-electron chi connectivity index (χ3n) is 2.84. The molecule has 0 saturated carbocycles. The van der Waals surface area contributed by atoms with Crippen LogP contribution >= 0.6 is 0 Å². The SMILES string of the molecule is O=C(N1[CH]CC1)N1CCCCCC1. The van der Waals surface area contributed by atoms with Gasteiger partial charge in [-0.15, -0.1) is 0 Å². The third-order valence-corrected chi connectivity index (χ3v) is 2.84. The molecule has 2 aliphatic rings. The molecule has 0 aromatic rings. The van der Waals surface area contributed by atoms with Crippen LogP contribution in [-0.2, 0) is 0 Å². The second-order valence-corrected chi connectivity index (χ2v) is 3.85. The highest BCUT2D eigenvalue weighted by molar-refractivity contribution is 5.76. The molecule has 0 spiro atoms. The number of urea groups is 1. The van der Waals surface area contributed by atoms with Gasteiger partial charge in [0.05, 0.1) is 6.54 Å². The van der Waals surface area contributed by atoms with E-state index in [1.54, 1.807) is 0 Å². The number of amides is 2. The van der Waals surface area contributed by atoms with Crippen molar-refractivity contribution >= 4 is 6.03 Å². The summed E-state index contributed by atoms with van der Waals surface area (Å²) in [6, 6.07) is 0.230. The molecular formula is C10H17N2O. The fraction of sp³-hybridized carbons (Fsp3) is 0.800. The van der Waals surface area contributed by atoms with E-state index in [1.165, 1.54) is 25.7 Å². The first kappa shape index (κ1) is 8.85. The van der Waals surface area contributed by atoms with Gasteiger partial charge in [0.15, 0.2) is 0 Å². The van der Waals surface area contributed by atoms with Crippen LogP contribution in [0, 0.1) is 6.54 Å². The maximum absolute atomic E-state index is 11.8. The van der Waals surface area contributed by atoms with Crippen molar-refractivity contribution in [2.45, 2.75) is 32.1 Å². The van der Waals surface area contributed by atoms with Gasteiger partial charge < -0.3 is 9.80 Å². The molecule has 0 N–H and O–H groups in total. The highest BCUT2D eigenvalue weighted by Gasteiger charge is 2.25. The first-order chi connectivity index (χ1) is 6.38. The second-order valence-electron chi connectivity index (χ2n) is 3.85. The molecule has 2 saturated heterocycles. The lowest BCUT2D eigenvalue weighted by atomic mass is 10.2. The van der Waals surface area contributed by atoms with E-state index in [1.807, 2.05) is 16.3 Å². The van der Waals surface area contributed by atoms with Crippen LogP contribution in [0.1, 0.15) is 32.1 Å². The Labute approximate surface area is 79.7 Å². The zero-order chi connectivity index (χ0) is 9.10. The van der Waals surface area contributed by atoms with E-state index in [4.69, 9.17) is 0 Å². The average molecular weight is 181 g/mol. The summed E-state index contributed by atoms with van der Waals surface area (Å²) in [5.41, 5.74) is 0. The van der Waals surface area contributed by atoms with Gasteiger partial charge in [-0.2, -0.15) is 0 Å². The molecule has 2 aliphatic heterocycles. The third kappa shape index (κ3) is 1.95. The van der Waals surface area contributed by atoms with Crippen molar-refractivity contribution in [2.75, 3.05) is 19.6 Å². The van der Waals surface area contributed by atoms with Crippen LogP contribution in [0.2, 0.25) is 0 Å². The lowest BCUT2D eigenvalue weighted by Gasteiger charge is -2.35. The number of likely N-dealkylation sites (tertiary alicyclic amines) is 2. The van der Waals surface area contributed by atoms with Gasteiger partial charge >= 0.3 is 6.03 Å². The van der Waals surface area contributed by atoms with E-state index in [2.05, 4.69) is 0 Å². The quantitative estimate of drug-likeness (QED) is 0.559. The minimum Gasteiger partial charge on any atom is -0.325 e. The van der Waals surface area contributed by atoms with Crippen LogP contribution in [0.5, 0.6) is 0 Å². The number of hydrogen-bond donors (Lipinski definition) is 0. The lowest BCUT2D eigenvalue weighted by molar-refractivity contribution is 0.147. The summed E-state index contributed by atoms with van der Waals surface area (Å²) in [5.74, 6) is 0. The van der Waals surface area contributed by atoms with Crippen molar-refractivity contribution in [2.24, 2.45) is 0 Å². The molecule has 73 valence electrons. The van der Waals surface area contributed by atoms with Crippen molar-refractivity contribution < 1.29 is 4.79 Å². The molecule has 3 heteroatoms. The minimum absolute atomic E-state index is 0.230. The molecule has 0 bridgehead atoms. The summed E-state index contributed by atoms with van der Waals surface area (Å²) in [7, 11) is 0. The zero-order valence-corrected chi connectivity index (χ0v) is 8.04. The predicted molar refractivity (Wildman–Crippen MR) is 51.1 cm³/mol. The molecular weight excluding hydrogens is 164 g/mol. The molecule has 2 rings (SSSR count). The van der Waals surface area contributed by atoms with E-state index >= 15 is 0 Å². The van der Waals surface area contributed by atoms with E-state index in [9.17, 15) is 4.79 Å². The molecule has 0 aromatic carbocycles. The van der Waals surface area contributed by atoms with E-state index in [-0.39, 0.29) is 6.03 Å². The standard InChI is InChI=1S/C10H17N2O/c13-10(12-8-5-9-12)11-6-3-1-2-4-7-11/h8H,1-7,9H2. The molecule has 0 unspecified atom stereocenters. The topological polar surface area (TPSA) is 23.6 Å². The first-order valence-corrected chi connectivity index (χ1v) is 5.27. The van der Waals surface area contributed by atoms with Crippen molar-refractivity contribution in [1.82, 2.24) is 9.80 Å². The summed E-state index contributed by atoms with van der Waals surface area (Å²) in [6.07, 6.45) is 6.00. The van der Waals surface area contributed by atoms with Gasteiger partial charge in [-0.25, -0.2) is 4.79 Å². The van der Waals surface area contributed by atoms with E-state index < -0.39 is 0 Å². The molecule has 2 heterocycles. The number of hydrogen-bond acceptors (Lipinski definition) is 1. The number of rotatable bonds is 0. The minimum atomic E-state index is 0.230. The van der Waals surface area contributed by atoms with Crippen LogP contribution < -0.4 is 0 Å². The summed E-state index contributed by atoms with van der Waals surface area (Å²) in [5, 5.41) is 0. The highest BCUT2D eigenvalue weighted by atomic mass is 16.2. The maximum atomic E-state index is 11.8. The Bertz CT molecular complexity index is 181. The number of nitrogens with zero attached hydrogens (tertiary/aromatic N) is 2. The summed E-state index contributed by atoms with van der Waals surface area (Å²) >= 11 is 0. The van der Waals surface area contributed by atoms with Crippen LogP contribution in [0.3, 0.4) is 0 Å². The number of carbonyl (C=O) groups is 1. The van der Waals surface area contributed by atoms with Gasteiger partial charge in [0.1, 0.15) is 0 Å². The van der Waals surface area contributed by atoms with Gasteiger partial charge in [-0.05, 0) is 19.3 Å². The highest BCUT2D eigenvalue weighted by Crippen LogP contribution is 2.17. The Hall–Kier alpha value is -0.730. The Morgan fingerprint density at radius 1 is 1.00 bits per heavy atom. The van der Waals surface area contributed by atoms with Gasteiger partial charge in [0.25, 0.3) is 0 Å². The molecule has 0 aromatic heterocycles. The summed E-state index contributed by atoms with van der Waals surface area (Å²) in [6.45, 7) is 4.84. The van der Waals surface area contributed by atoms with Crippen LogP contribution in [-0.4, -0.2) is 35.5 Å². The first-order valence-electron chi connectivity index (χ1n) is 5.27. The normalized spacial score (nSPS) is 23.7. The Morgan fingerprint density at radius 2 is 1.62 bits per heavy atom. The fourth-order valence-electron chi connectivity index (χ4n) is 1.88. The molecule has 3 nitrogen and oxygen atoms in total. The monoisotopic (exact) mass is 181 g/mol.